The Morgan fingerprint density at radius 1 is 1.04 bits per heavy atom. The van der Waals surface area contributed by atoms with Crippen molar-refractivity contribution in [2.24, 2.45) is 7.05 Å². The summed E-state index contributed by atoms with van der Waals surface area (Å²) in [6.07, 6.45) is 5.26. The van der Waals surface area contributed by atoms with E-state index in [1.54, 1.807) is 23.3 Å². The molecule has 0 aliphatic heterocycles. The third-order valence-electron chi connectivity index (χ3n) is 4.68. The number of aromatic nitrogens is 7. The normalized spacial score (nSPS) is 12.5. The van der Waals surface area contributed by atoms with Gasteiger partial charge in [-0.2, -0.15) is 5.10 Å². The van der Waals surface area contributed by atoms with Gasteiger partial charge < -0.3 is 10.3 Å². The van der Waals surface area contributed by atoms with E-state index in [1.807, 2.05) is 50.4 Å². The molecule has 1 aromatic carbocycles. The zero-order chi connectivity index (χ0) is 19.1. The minimum atomic E-state index is -0.0764. The first-order valence-corrected chi connectivity index (χ1v) is 9.00. The molecule has 4 heterocycles. The van der Waals surface area contributed by atoms with Crippen molar-refractivity contribution in [3.8, 4) is 11.4 Å². The van der Waals surface area contributed by atoms with E-state index in [2.05, 4.69) is 30.4 Å². The molecule has 5 rings (SSSR count). The van der Waals surface area contributed by atoms with E-state index in [1.165, 1.54) is 0 Å². The summed E-state index contributed by atoms with van der Waals surface area (Å²) in [4.78, 5) is 21.6. The van der Waals surface area contributed by atoms with Crippen LogP contribution in [0.4, 0.5) is 5.82 Å². The van der Waals surface area contributed by atoms with E-state index in [9.17, 15) is 0 Å². The number of imidazole rings is 1. The highest BCUT2D eigenvalue weighted by Crippen LogP contribution is 2.27. The van der Waals surface area contributed by atoms with Gasteiger partial charge in [0.2, 0.25) is 0 Å². The summed E-state index contributed by atoms with van der Waals surface area (Å²) in [5, 5.41) is 8.67. The Hall–Kier alpha value is -3.81. The fraction of sp³-hybridized carbons (Fsp3) is 0.150. The van der Waals surface area contributed by atoms with Crippen molar-refractivity contribution < 1.29 is 0 Å². The predicted octanol–water partition coefficient (Wildman–Crippen LogP) is 3.47. The second kappa shape index (κ2) is 6.41. The molecule has 138 valence electrons. The largest absolute Gasteiger partial charge is 0.360 e. The van der Waals surface area contributed by atoms with Gasteiger partial charge in [-0.25, -0.2) is 15.0 Å². The molecule has 0 radical (unpaired) electrons. The molecule has 8 heteroatoms. The number of aromatic amines is 1. The Morgan fingerprint density at radius 2 is 1.93 bits per heavy atom. The summed E-state index contributed by atoms with van der Waals surface area (Å²) in [6, 6.07) is 11.7. The van der Waals surface area contributed by atoms with E-state index in [-0.39, 0.29) is 6.04 Å². The van der Waals surface area contributed by atoms with Gasteiger partial charge in [-0.1, -0.05) is 12.1 Å². The van der Waals surface area contributed by atoms with Crippen molar-refractivity contribution >= 4 is 27.9 Å². The number of hydrogen-bond donors (Lipinski definition) is 2. The molecule has 1 atom stereocenters. The summed E-state index contributed by atoms with van der Waals surface area (Å²) in [5.74, 6) is 2.16. The van der Waals surface area contributed by atoms with Crippen LogP contribution in [0.25, 0.3) is 33.5 Å². The first-order valence-electron chi connectivity index (χ1n) is 9.00. The summed E-state index contributed by atoms with van der Waals surface area (Å²) < 4.78 is 1.74. The third-order valence-corrected chi connectivity index (χ3v) is 4.68. The van der Waals surface area contributed by atoms with Crippen molar-refractivity contribution in [3.05, 3.63) is 60.8 Å². The van der Waals surface area contributed by atoms with Gasteiger partial charge in [0.05, 0.1) is 28.7 Å². The van der Waals surface area contributed by atoms with Gasteiger partial charge in [0.15, 0.2) is 11.5 Å². The molecule has 28 heavy (non-hydrogen) atoms. The van der Waals surface area contributed by atoms with Gasteiger partial charge >= 0.3 is 0 Å². The topological polar surface area (TPSA) is 97.2 Å². The van der Waals surface area contributed by atoms with E-state index in [4.69, 9.17) is 4.98 Å². The number of H-pyrrole nitrogens is 1. The van der Waals surface area contributed by atoms with Crippen LogP contribution in [-0.2, 0) is 7.05 Å². The fourth-order valence-electron chi connectivity index (χ4n) is 3.21. The van der Waals surface area contributed by atoms with Crippen molar-refractivity contribution in [1.82, 2.24) is 34.7 Å². The van der Waals surface area contributed by atoms with Crippen LogP contribution >= 0.6 is 0 Å². The number of anilines is 1. The van der Waals surface area contributed by atoms with E-state index in [0.29, 0.717) is 11.6 Å². The van der Waals surface area contributed by atoms with Gasteiger partial charge in [0, 0.05) is 25.0 Å². The molecule has 1 unspecified atom stereocenters. The van der Waals surface area contributed by atoms with Crippen molar-refractivity contribution in [2.75, 3.05) is 5.32 Å². The van der Waals surface area contributed by atoms with Crippen LogP contribution in [0.1, 0.15) is 18.8 Å². The summed E-state index contributed by atoms with van der Waals surface area (Å²) in [5.41, 5.74) is 3.56. The lowest BCUT2D eigenvalue weighted by molar-refractivity contribution is 0.785. The summed E-state index contributed by atoms with van der Waals surface area (Å²) >= 11 is 0. The summed E-state index contributed by atoms with van der Waals surface area (Å²) in [7, 11) is 1.87. The van der Waals surface area contributed by atoms with E-state index >= 15 is 0 Å². The second-order valence-electron chi connectivity index (χ2n) is 6.65. The Balaban J connectivity index is 1.57. The number of hydrogen-bond acceptors (Lipinski definition) is 6. The maximum Gasteiger partial charge on any atom is 0.165 e. The molecule has 4 aromatic heterocycles. The number of rotatable bonds is 4. The molecule has 0 bridgehead atoms. The highest BCUT2D eigenvalue weighted by molar-refractivity contribution is 5.88. The molecule has 8 nitrogen and oxygen atoms in total. The second-order valence-corrected chi connectivity index (χ2v) is 6.65. The molecule has 0 amide bonds. The molecule has 0 saturated carbocycles. The highest BCUT2D eigenvalue weighted by atomic mass is 15.3. The average molecular weight is 370 g/mol. The lowest BCUT2D eigenvalue weighted by atomic mass is 10.2. The Bertz CT molecular complexity index is 1240. The first kappa shape index (κ1) is 16.4. The average Bonchev–Trinajstić information content (AvgIpc) is 3.33. The molecule has 0 spiro atoms. The van der Waals surface area contributed by atoms with Gasteiger partial charge in [-0.3, -0.25) is 9.67 Å². The quantitative estimate of drug-likeness (QED) is 0.503. The molecule has 0 aliphatic rings. The monoisotopic (exact) mass is 370 g/mol. The smallest absolute Gasteiger partial charge is 0.165 e. The maximum atomic E-state index is 4.75. The Labute approximate surface area is 160 Å². The molecule has 0 aliphatic carbocycles. The van der Waals surface area contributed by atoms with E-state index < -0.39 is 0 Å². The number of pyridine rings is 1. The van der Waals surface area contributed by atoms with Crippen LogP contribution in [0.15, 0.2) is 55.0 Å². The maximum absolute atomic E-state index is 4.75. The zero-order valence-corrected chi connectivity index (χ0v) is 15.5. The van der Waals surface area contributed by atoms with Crippen LogP contribution in [0, 0.1) is 0 Å². The van der Waals surface area contributed by atoms with E-state index in [0.717, 1.165) is 33.5 Å². The van der Waals surface area contributed by atoms with Crippen molar-refractivity contribution in [3.63, 3.8) is 0 Å². The molecule has 5 aromatic rings. The molecular formula is C20H18N8. The lowest BCUT2D eigenvalue weighted by Gasteiger charge is -2.14. The van der Waals surface area contributed by atoms with Crippen LogP contribution in [0.2, 0.25) is 0 Å². The third kappa shape index (κ3) is 2.75. The minimum absolute atomic E-state index is 0.0764. The molecular weight excluding hydrogens is 352 g/mol. The first-order chi connectivity index (χ1) is 13.7. The number of nitrogens with one attached hydrogen (secondary N) is 2. The van der Waals surface area contributed by atoms with Crippen molar-refractivity contribution in [2.45, 2.75) is 13.0 Å². The van der Waals surface area contributed by atoms with Gasteiger partial charge in [-0.05, 0) is 31.2 Å². The Kier molecular flexibility index (Phi) is 3.75. The number of aryl methyl sites for hydroxylation is 1. The SMILES string of the molecule is CC(Nc1nc(-c2cccnc2)nc2c1cnn2C)c1nc2ccccc2[nH]1. The van der Waals surface area contributed by atoms with Crippen molar-refractivity contribution in [1.29, 1.82) is 0 Å². The number of benzene rings is 1. The predicted molar refractivity (Wildman–Crippen MR) is 108 cm³/mol. The van der Waals surface area contributed by atoms with Crippen LogP contribution in [0.3, 0.4) is 0 Å². The molecule has 0 fully saturated rings. The standard InChI is InChI=1S/C20H18N8/c1-12(17-24-15-7-3-4-8-16(15)25-17)23-19-14-11-22-28(2)20(14)27-18(26-19)13-6-5-9-21-10-13/h3-12H,1-2H3,(H,24,25)(H,23,26,27). The van der Waals surface area contributed by atoms with Gasteiger partial charge in [-0.15, -0.1) is 0 Å². The van der Waals surface area contributed by atoms with Crippen LogP contribution in [-0.4, -0.2) is 34.7 Å². The minimum Gasteiger partial charge on any atom is -0.360 e. The fourth-order valence-corrected chi connectivity index (χ4v) is 3.21. The summed E-state index contributed by atoms with van der Waals surface area (Å²) in [6.45, 7) is 2.05. The number of fused-ring (bicyclic) bond motifs is 2. The number of para-hydroxylation sites is 2. The van der Waals surface area contributed by atoms with Crippen LogP contribution < -0.4 is 5.32 Å². The number of nitrogens with zero attached hydrogens (tertiary/aromatic N) is 6. The lowest BCUT2D eigenvalue weighted by Crippen LogP contribution is -2.11. The zero-order valence-electron chi connectivity index (χ0n) is 15.5. The molecule has 0 saturated heterocycles. The van der Waals surface area contributed by atoms with Gasteiger partial charge in [0.25, 0.3) is 0 Å². The highest BCUT2D eigenvalue weighted by Gasteiger charge is 2.17. The molecule has 2 N–H and O–H groups in total. The van der Waals surface area contributed by atoms with Crippen LogP contribution in [0.5, 0.6) is 0 Å². The Morgan fingerprint density at radius 3 is 2.75 bits per heavy atom. The van der Waals surface area contributed by atoms with Gasteiger partial charge in [0.1, 0.15) is 11.6 Å².